The number of rotatable bonds is 6. The van der Waals surface area contributed by atoms with Gasteiger partial charge < -0.3 is 4.98 Å². The molecule has 2 rings (SSSR count). The largest absolute Gasteiger partial charge is 0.356 e. The van der Waals surface area contributed by atoms with Crippen molar-refractivity contribution in [2.45, 2.75) is 11.3 Å². The van der Waals surface area contributed by atoms with Crippen molar-refractivity contribution in [1.82, 2.24) is 15.1 Å². The number of hydrogen-bond acceptors (Lipinski definition) is 5. The number of aromatic nitrogens is 1. The average molecular weight is 314 g/mol. The fraction of sp³-hybridized carbons (Fsp3) is 0.182. The maximum atomic E-state index is 12.0. The second-order valence-electron chi connectivity index (χ2n) is 3.95. The molecular formula is C11H14N4O3S2. The number of H-pyrrole nitrogens is 1. The Bertz CT molecular complexity index is 676. The second-order valence-corrected chi connectivity index (χ2v) is 6.75. The SMILES string of the molecule is NNC(=O)c1cc(S(=O)(=O)NCCc2cccs2)c[nH]1. The molecule has 9 heteroatoms. The Morgan fingerprint density at radius 1 is 1.45 bits per heavy atom. The summed E-state index contributed by atoms with van der Waals surface area (Å²) >= 11 is 1.57. The van der Waals surface area contributed by atoms with Crippen LogP contribution in [0.2, 0.25) is 0 Å². The Morgan fingerprint density at radius 2 is 2.25 bits per heavy atom. The van der Waals surface area contributed by atoms with Gasteiger partial charge in [0, 0.05) is 17.6 Å². The third-order valence-corrected chi connectivity index (χ3v) is 4.96. The first kappa shape index (κ1) is 14.7. The maximum Gasteiger partial charge on any atom is 0.281 e. The first-order chi connectivity index (χ1) is 9.53. The third-order valence-electron chi connectivity index (χ3n) is 2.59. The zero-order valence-corrected chi connectivity index (χ0v) is 12.1. The van der Waals surface area contributed by atoms with Gasteiger partial charge in [0.1, 0.15) is 10.6 Å². The fourth-order valence-electron chi connectivity index (χ4n) is 1.59. The molecule has 0 radical (unpaired) electrons. The van der Waals surface area contributed by atoms with Gasteiger partial charge in [-0.1, -0.05) is 6.07 Å². The number of aromatic amines is 1. The van der Waals surface area contributed by atoms with Gasteiger partial charge in [0.25, 0.3) is 5.91 Å². The van der Waals surface area contributed by atoms with Crippen molar-refractivity contribution in [2.24, 2.45) is 5.84 Å². The minimum Gasteiger partial charge on any atom is -0.356 e. The monoisotopic (exact) mass is 314 g/mol. The van der Waals surface area contributed by atoms with Crippen LogP contribution in [0.3, 0.4) is 0 Å². The molecule has 0 aliphatic carbocycles. The molecule has 5 N–H and O–H groups in total. The molecule has 108 valence electrons. The summed E-state index contributed by atoms with van der Waals surface area (Å²) in [5.74, 6) is 4.39. The van der Waals surface area contributed by atoms with Crippen molar-refractivity contribution in [3.8, 4) is 0 Å². The summed E-state index contributed by atoms with van der Waals surface area (Å²) in [7, 11) is -3.63. The maximum absolute atomic E-state index is 12.0. The van der Waals surface area contributed by atoms with Crippen LogP contribution in [0.4, 0.5) is 0 Å². The summed E-state index contributed by atoms with van der Waals surface area (Å²) in [6.45, 7) is 0.298. The van der Waals surface area contributed by atoms with E-state index >= 15 is 0 Å². The van der Waals surface area contributed by atoms with Gasteiger partial charge in [-0.15, -0.1) is 11.3 Å². The standard InChI is InChI=1S/C11H14N4O3S2/c12-15-11(16)10-6-9(7-13-10)20(17,18)14-4-3-8-2-1-5-19-8/h1-2,5-7,13-14H,3-4,12H2,(H,15,16). The zero-order chi connectivity index (χ0) is 14.6. The van der Waals surface area contributed by atoms with E-state index in [0.29, 0.717) is 13.0 Å². The molecule has 2 aromatic rings. The lowest BCUT2D eigenvalue weighted by Gasteiger charge is -2.03. The van der Waals surface area contributed by atoms with Gasteiger partial charge in [-0.25, -0.2) is 19.0 Å². The van der Waals surface area contributed by atoms with Crippen molar-refractivity contribution < 1.29 is 13.2 Å². The molecule has 2 heterocycles. The van der Waals surface area contributed by atoms with E-state index in [1.807, 2.05) is 22.9 Å². The number of hydrazine groups is 1. The van der Waals surface area contributed by atoms with Crippen LogP contribution in [-0.4, -0.2) is 25.9 Å². The van der Waals surface area contributed by atoms with E-state index in [1.54, 1.807) is 11.3 Å². The van der Waals surface area contributed by atoms with Crippen LogP contribution in [0, 0.1) is 0 Å². The van der Waals surface area contributed by atoms with E-state index in [-0.39, 0.29) is 10.6 Å². The number of amides is 1. The molecule has 0 aliphatic rings. The minimum atomic E-state index is -3.63. The lowest BCUT2D eigenvalue weighted by atomic mass is 10.3. The Balaban J connectivity index is 1.99. The Kier molecular flexibility index (Phi) is 4.55. The fourth-order valence-corrected chi connectivity index (χ4v) is 3.32. The number of carbonyl (C=O) groups excluding carboxylic acids is 1. The number of nitrogen functional groups attached to an aromatic ring is 1. The predicted molar refractivity (Wildman–Crippen MR) is 75.7 cm³/mol. The molecule has 0 spiro atoms. The Labute approximate surface area is 120 Å². The second kappa shape index (κ2) is 6.18. The van der Waals surface area contributed by atoms with Crippen LogP contribution in [0.1, 0.15) is 15.4 Å². The summed E-state index contributed by atoms with van der Waals surface area (Å²) in [5, 5.41) is 1.94. The molecule has 0 unspecified atom stereocenters. The van der Waals surface area contributed by atoms with Gasteiger partial charge >= 0.3 is 0 Å². The van der Waals surface area contributed by atoms with Gasteiger partial charge in [0.05, 0.1) is 0 Å². The number of nitrogens with one attached hydrogen (secondary N) is 3. The van der Waals surface area contributed by atoms with Crippen LogP contribution in [0.5, 0.6) is 0 Å². The summed E-state index contributed by atoms with van der Waals surface area (Å²) in [6.07, 6.45) is 1.87. The van der Waals surface area contributed by atoms with Crippen LogP contribution in [0.15, 0.2) is 34.7 Å². The Morgan fingerprint density at radius 3 is 2.90 bits per heavy atom. The number of sulfonamides is 1. The number of hydrogen-bond donors (Lipinski definition) is 4. The quantitative estimate of drug-likeness (QED) is 0.346. The van der Waals surface area contributed by atoms with Crippen LogP contribution >= 0.6 is 11.3 Å². The average Bonchev–Trinajstić information content (AvgIpc) is 3.08. The first-order valence-corrected chi connectivity index (χ1v) is 8.10. The summed E-state index contributed by atoms with van der Waals surface area (Å²) in [5.41, 5.74) is 2.01. The van der Waals surface area contributed by atoms with E-state index in [1.165, 1.54) is 12.3 Å². The molecule has 0 fully saturated rings. The van der Waals surface area contributed by atoms with E-state index in [0.717, 1.165) is 4.88 Å². The van der Waals surface area contributed by atoms with Crippen LogP contribution in [0.25, 0.3) is 0 Å². The molecule has 0 saturated carbocycles. The lowest BCUT2D eigenvalue weighted by Crippen LogP contribution is -2.30. The lowest BCUT2D eigenvalue weighted by molar-refractivity contribution is 0.0949. The van der Waals surface area contributed by atoms with Crippen molar-refractivity contribution in [3.63, 3.8) is 0 Å². The highest BCUT2D eigenvalue weighted by atomic mass is 32.2. The molecule has 0 aromatic carbocycles. The normalized spacial score (nSPS) is 11.4. The van der Waals surface area contributed by atoms with Gasteiger partial charge in [-0.05, 0) is 23.9 Å². The smallest absolute Gasteiger partial charge is 0.281 e. The topological polar surface area (TPSA) is 117 Å². The van der Waals surface area contributed by atoms with Crippen molar-refractivity contribution in [3.05, 3.63) is 40.3 Å². The van der Waals surface area contributed by atoms with Crippen molar-refractivity contribution in [1.29, 1.82) is 0 Å². The van der Waals surface area contributed by atoms with Crippen LogP contribution < -0.4 is 16.0 Å². The predicted octanol–water partition coefficient (Wildman–Crippen LogP) is 0.201. The highest BCUT2D eigenvalue weighted by molar-refractivity contribution is 7.89. The van der Waals surface area contributed by atoms with E-state index < -0.39 is 15.9 Å². The molecular weight excluding hydrogens is 300 g/mol. The highest BCUT2D eigenvalue weighted by Crippen LogP contribution is 2.12. The minimum absolute atomic E-state index is 0.00211. The van der Waals surface area contributed by atoms with E-state index in [9.17, 15) is 13.2 Å². The van der Waals surface area contributed by atoms with Gasteiger partial charge in [-0.2, -0.15) is 0 Å². The number of nitrogens with two attached hydrogens (primary N) is 1. The molecule has 1 amide bonds. The first-order valence-electron chi connectivity index (χ1n) is 5.74. The van der Waals surface area contributed by atoms with E-state index in [2.05, 4.69) is 9.71 Å². The molecule has 0 bridgehead atoms. The van der Waals surface area contributed by atoms with Gasteiger partial charge in [0.15, 0.2) is 0 Å². The summed E-state index contributed by atoms with van der Waals surface area (Å²) < 4.78 is 26.5. The van der Waals surface area contributed by atoms with E-state index in [4.69, 9.17) is 5.84 Å². The zero-order valence-electron chi connectivity index (χ0n) is 10.4. The van der Waals surface area contributed by atoms with Crippen LogP contribution in [-0.2, 0) is 16.4 Å². The van der Waals surface area contributed by atoms with Gasteiger partial charge in [-0.3, -0.25) is 10.2 Å². The summed E-state index contributed by atoms with van der Waals surface area (Å²) in [4.78, 5) is 14.9. The molecule has 0 aliphatic heterocycles. The van der Waals surface area contributed by atoms with Crippen molar-refractivity contribution >= 4 is 27.3 Å². The molecule has 20 heavy (non-hydrogen) atoms. The highest BCUT2D eigenvalue weighted by Gasteiger charge is 2.17. The van der Waals surface area contributed by atoms with Gasteiger partial charge in [0.2, 0.25) is 10.0 Å². The Hall–Kier alpha value is -1.68. The molecule has 2 aromatic heterocycles. The van der Waals surface area contributed by atoms with Crippen molar-refractivity contribution in [2.75, 3.05) is 6.54 Å². The molecule has 7 nitrogen and oxygen atoms in total. The molecule has 0 atom stereocenters. The molecule has 0 saturated heterocycles. The number of thiophene rings is 1. The third kappa shape index (κ3) is 3.45. The summed E-state index contributed by atoms with van der Waals surface area (Å²) in [6, 6.07) is 5.09. The number of carbonyl (C=O) groups is 1.